The van der Waals surface area contributed by atoms with Gasteiger partial charge in [0.2, 0.25) is 0 Å². The second-order valence-corrected chi connectivity index (χ2v) is 6.16. The summed E-state index contributed by atoms with van der Waals surface area (Å²) in [5, 5.41) is 13.7. The third-order valence-electron chi connectivity index (χ3n) is 3.92. The van der Waals surface area contributed by atoms with E-state index in [-0.39, 0.29) is 11.3 Å². The van der Waals surface area contributed by atoms with E-state index in [0.717, 1.165) is 22.8 Å². The Kier molecular flexibility index (Phi) is 5.71. The number of hydrogen-bond acceptors (Lipinski definition) is 5. The third-order valence-corrected chi connectivity index (χ3v) is 3.92. The Hall–Kier alpha value is -3.22. The number of aryl methyl sites for hydroxylation is 4. The van der Waals surface area contributed by atoms with Crippen LogP contribution in [0.25, 0.3) is 0 Å². The number of carbonyl (C=O) groups is 2. The first-order chi connectivity index (χ1) is 12.2. The smallest absolute Gasteiger partial charge is 0.338 e. The topological polar surface area (TPSA) is 98.5 Å². The molecular weight excluding hydrogens is 336 g/mol. The van der Waals surface area contributed by atoms with Crippen LogP contribution in [0.3, 0.4) is 0 Å². The quantitative estimate of drug-likeness (QED) is 0.501. The van der Waals surface area contributed by atoms with Gasteiger partial charge < -0.3 is 10.1 Å². The standard InChI is InChI=1S/C19H20N2O5/c1-11-7-13(3)18(14(4)8-11)20-17(22)10-26-19(23)15-6-5-12(2)16(9-15)21(24)25/h5-9H,10H2,1-4H3,(H,20,22). The van der Waals surface area contributed by atoms with Crippen LogP contribution in [0.1, 0.15) is 32.6 Å². The number of ether oxygens (including phenoxy) is 1. The lowest BCUT2D eigenvalue weighted by Crippen LogP contribution is -2.22. The maximum absolute atomic E-state index is 12.1. The minimum Gasteiger partial charge on any atom is -0.452 e. The van der Waals surface area contributed by atoms with Crippen molar-refractivity contribution >= 4 is 23.3 Å². The Morgan fingerprint density at radius 1 is 1.04 bits per heavy atom. The number of esters is 1. The number of anilines is 1. The van der Waals surface area contributed by atoms with Gasteiger partial charge in [-0.2, -0.15) is 0 Å². The summed E-state index contributed by atoms with van der Waals surface area (Å²) in [6, 6.07) is 7.93. The summed E-state index contributed by atoms with van der Waals surface area (Å²) in [6.45, 7) is 6.83. The lowest BCUT2D eigenvalue weighted by molar-refractivity contribution is -0.385. The van der Waals surface area contributed by atoms with E-state index in [0.29, 0.717) is 11.3 Å². The normalized spacial score (nSPS) is 10.3. The first kappa shape index (κ1) is 19.1. The molecule has 1 amide bonds. The van der Waals surface area contributed by atoms with Crippen LogP contribution < -0.4 is 5.32 Å². The Labute approximate surface area is 151 Å². The van der Waals surface area contributed by atoms with Crippen LogP contribution in [-0.4, -0.2) is 23.4 Å². The molecule has 2 rings (SSSR count). The molecule has 26 heavy (non-hydrogen) atoms. The maximum Gasteiger partial charge on any atom is 0.338 e. The second-order valence-electron chi connectivity index (χ2n) is 6.16. The number of nitrogens with one attached hydrogen (secondary N) is 1. The summed E-state index contributed by atoms with van der Waals surface area (Å²) in [5.41, 5.74) is 3.89. The van der Waals surface area contributed by atoms with Crippen LogP contribution in [0.2, 0.25) is 0 Å². The lowest BCUT2D eigenvalue weighted by atomic mass is 10.1. The highest BCUT2D eigenvalue weighted by Gasteiger charge is 2.17. The van der Waals surface area contributed by atoms with Gasteiger partial charge in [0.1, 0.15) is 0 Å². The summed E-state index contributed by atoms with van der Waals surface area (Å²) in [7, 11) is 0. The number of rotatable bonds is 5. The largest absolute Gasteiger partial charge is 0.452 e. The number of nitrogens with zero attached hydrogens (tertiary/aromatic N) is 1. The first-order valence-electron chi connectivity index (χ1n) is 7.99. The van der Waals surface area contributed by atoms with Gasteiger partial charge in [-0.05, 0) is 44.9 Å². The first-order valence-corrected chi connectivity index (χ1v) is 7.99. The van der Waals surface area contributed by atoms with Crippen LogP contribution in [0, 0.1) is 37.8 Å². The molecule has 0 aromatic heterocycles. The summed E-state index contributed by atoms with van der Waals surface area (Å²) < 4.78 is 4.97. The van der Waals surface area contributed by atoms with E-state index >= 15 is 0 Å². The minimum atomic E-state index is -0.791. The maximum atomic E-state index is 12.1. The van der Waals surface area contributed by atoms with Crippen molar-refractivity contribution in [2.24, 2.45) is 0 Å². The van der Waals surface area contributed by atoms with Crippen LogP contribution >= 0.6 is 0 Å². The average molecular weight is 356 g/mol. The van der Waals surface area contributed by atoms with E-state index in [1.807, 2.05) is 32.9 Å². The molecule has 0 aliphatic rings. The summed E-state index contributed by atoms with van der Waals surface area (Å²) >= 11 is 0. The average Bonchev–Trinajstić information content (AvgIpc) is 2.56. The van der Waals surface area contributed by atoms with Crippen molar-refractivity contribution in [3.05, 3.63) is 68.3 Å². The van der Waals surface area contributed by atoms with Crippen LogP contribution in [0.15, 0.2) is 30.3 Å². The van der Waals surface area contributed by atoms with Crippen molar-refractivity contribution in [2.45, 2.75) is 27.7 Å². The molecule has 0 heterocycles. The zero-order valence-electron chi connectivity index (χ0n) is 15.1. The van der Waals surface area contributed by atoms with Crippen molar-refractivity contribution in [1.29, 1.82) is 0 Å². The number of benzene rings is 2. The van der Waals surface area contributed by atoms with Gasteiger partial charge in [0, 0.05) is 17.3 Å². The molecule has 0 unspecified atom stereocenters. The molecule has 2 aromatic rings. The van der Waals surface area contributed by atoms with Gasteiger partial charge in [-0.3, -0.25) is 14.9 Å². The van der Waals surface area contributed by atoms with E-state index in [4.69, 9.17) is 4.74 Å². The highest BCUT2D eigenvalue weighted by molar-refractivity contribution is 5.96. The predicted molar refractivity (Wildman–Crippen MR) is 97.4 cm³/mol. The number of nitro benzene ring substituents is 1. The van der Waals surface area contributed by atoms with Crippen molar-refractivity contribution in [1.82, 2.24) is 0 Å². The van der Waals surface area contributed by atoms with Crippen LogP contribution in [0.4, 0.5) is 11.4 Å². The third kappa shape index (κ3) is 4.44. The summed E-state index contributed by atoms with van der Waals surface area (Å²) in [6.07, 6.45) is 0. The minimum absolute atomic E-state index is 0.0257. The second kappa shape index (κ2) is 7.77. The molecule has 0 aliphatic heterocycles. The predicted octanol–water partition coefficient (Wildman–Crippen LogP) is 3.62. The zero-order valence-corrected chi connectivity index (χ0v) is 15.1. The van der Waals surface area contributed by atoms with Crippen molar-refractivity contribution in [2.75, 3.05) is 11.9 Å². The molecule has 2 aromatic carbocycles. The Balaban J connectivity index is 2.03. The molecule has 136 valence electrons. The molecule has 7 nitrogen and oxygen atoms in total. The number of carbonyl (C=O) groups excluding carboxylic acids is 2. The number of amides is 1. The Bertz CT molecular complexity index is 866. The van der Waals surface area contributed by atoms with Gasteiger partial charge in [0.15, 0.2) is 6.61 Å². The lowest BCUT2D eigenvalue weighted by Gasteiger charge is -2.13. The van der Waals surface area contributed by atoms with E-state index in [9.17, 15) is 19.7 Å². The van der Waals surface area contributed by atoms with Crippen molar-refractivity contribution < 1.29 is 19.2 Å². The molecular formula is C19H20N2O5. The molecule has 0 atom stereocenters. The molecule has 7 heteroatoms. The van der Waals surface area contributed by atoms with Crippen LogP contribution in [-0.2, 0) is 9.53 Å². The van der Waals surface area contributed by atoms with Gasteiger partial charge in [0.25, 0.3) is 11.6 Å². The SMILES string of the molecule is Cc1cc(C)c(NC(=O)COC(=O)c2ccc(C)c([N+](=O)[O-])c2)c(C)c1. The molecule has 0 saturated heterocycles. The Morgan fingerprint density at radius 3 is 2.23 bits per heavy atom. The van der Waals surface area contributed by atoms with E-state index in [1.165, 1.54) is 12.1 Å². The molecule has 0 bridgehead atoms. The number of nitro groups is 1. The van der Waals surface area contributed by atoms with Crippen LogP contribution in [0.5, 0.6) is 0 Å². The van der Waals surface area contributed by atoms with Gasteiger partial charge in [-0.15, -0.1) is 0 Å². The number of hydrogen-bond donors (Lipinski definition) is 1. The fourth-order valence-corrected chi connectivity index (χ4v) is 2.70. The van der Waals surface area contributed by atoms with Crippen molar-refractivity contribution in [3.63, 3.8) is 0 Å². The van der Waals surface area contributed by atoms with Gasteiger partial charge in [-0.1, -0.05) is 23.8 Å². The highest BCUT2D eigenvalue weighted by Crippen LogP contribution is 2.22. The monoisotopic (exact) mass is 356 g/mol. The Morgan fingerprint density at radius 2 is 1.65 bits per heavy atom. The van der Waals surface area contributed by atoms with Gasteiger partial charge in [-0.25, -0.2) is 4.79 Å². The fourth-order valence-electron chi connectivity index (χ4n) is 2.70. The molecule has 0 saturated carbocycles. The molecule has 0 fully saturated rings. The van der Waals surface area contributed by atoms with Gasteiger partial charge >= 0.3 is 5.97 Å². The fraction of sp³-hybridized carbons (Fsp3) is 0.263. The highest BCUT2D eigenvalue weighted by atomic mass is 16.6. The summed E-state index contributed by atoms with van der Waals surface area (Å²) in [5.74, 6) is -1.27. The van der Waals surface area contributed by atoms with E-state index in [2.05, 4.69) is 5.32 Å². The van der Waals surface area contributed by atoms with E-state index < -0.39 is 23.4 Å². The zero-order chi connectivity index (χ0) is 19.4. The molecule has 0 spiro atoms. The van der Waals surface area contributed by atoms with Gasteiger partial charge in [0.05, 0.1) is 10.5 Å². The molecule has 0 radical (unpaired) electrons. The van der Waals surface area contributed by atoms with E-state index in [1.54, 1.807) is 6.92 Å². The summed E-state index contributed by atoms with van der Waals surface area (Å²) in [4.78, 5) is 34.5. The molecule has 1 N–H and O–H groups in total. The molecule has 0 aliphatic carbocycles. The van der Waals surface area contributed by atoms with Crippen molar-refractivity contribution in [3.8, 4) is 0 Å².